The Morgan fingerprint density at radius 2 is 0.885 bits per heavy atom. The molecule has 0 spiro atoms. The second kappa shape index (κ2) is 12.4. The first-order chi connectivity index (χ1) is 25.8. The third-order valence-electron chi connectivity index (χ3n) is 10.0. The summed E-state index contributed by atoms with van der Waals surface area (Å²) in [6.07, 6.45) is 0. The van der Waals surface area contributed by atoms with Gasteiger partial charge in [0.1, 0.15) is 0 Å². The fraction of sp³-hybridized carbons (Fsp3) is 0. The molecule has 0 atom stereocenters. The molecule has 10 rings (SSSR count). The van der Waals surface area contributed by atoms with Crippen molar-refractivity contribution in [3.63, 3.8) is 0 Å². The Morgan fingerprint density at radius 1 is 0.288 bits per heavy atom. The van der Waals surface area contributed by atoms with E-state index in [4.69, 9.17) is 15.0 Å². The summed E-state index contributed by atoms with van der Waals surface area (Å²) in [5.74, 6) is 0. The van der Waals surface area contributed by atoms with Crippen LogP contribution >= 0.6 is 0 Å². The predicted octanol–water partition coefficient (Wildman–Crippen LogP) is 12.8. The van der Waals surface area contributed by atoms with Crippen molar-refractivity contribution in [1.29, 1.82) is 0 Å². The summed E-state index contributed by atoms with van der Waals surface area (Å²) in [5, 5.41) is 5.70. The molecule has 0 fully saturated rings. The van der Waals surface area contributed by atoms with Crippen molar-refractivity contribution in [2.75, 3.05) is 0 Å². The molecular weight excluding hydrogens is 631 g/mol. The van der Waals surface area contributed by atoms with Crippen LogP contribution in [0.25, 0.3) is 99.5 Å². The Hall–Kier alpha value is -6.97. The minimum absolute atomic E-state index is 0.888. The van der Waals surface area contributed by atoms with E-state index in [0.717, 1.165) is 72.2 Å². The molecule has 10 aromatic rings. The smallest absolute Gasteiger partial charge is 0.0978 e. The van der Waals surface area contributed by atoms with Crippen molar-refractivity contribution < 1.29 is 0 Å². The van der Waals surface area contributed by atoms with Crippen molar-refractivity contribution in [3.8, 4) is 56.0 Å². The fourth-order valence-corrected chi connectivity index (χ4v) is 7.49. The Labute approximate surface area is 301 Å². The van der Waals surface area contributed by atoms with Crippen LogP contribution in [0.5, 0.6) is 0 Å². The van der Waals surface area contributed by atoms with Crippen LogP contribution in [0.4, 0.5) is 0 Å². The topological polar surface area (TPSA) is 38.7 Å². The number of pyridine rings is 3. The van der Waals surface area contributed by atoms with Gasteiger partial charge in [0, 0.05) is 32.8 Å². The zero-order chi connectivity index (χ0) is 34.4. The first-order valence-electron chi connectivity index (χ1n) is 17.6. The molecule has 0 N–H and O–H groups in total. The Bertz CT molecular complexity index is 2940. The Kier molecular flexibility index (Phi) is 7.14. The molecule has 0 saturated heterocycles. The molecule has 0 aliphatic rings. The minimum Gasteiger partial charge on any atom is -0.248 e. The lowest BCUT2D eigenvalue weighted by molar-refractivity contribution is 1.36. The lowest BCUT2D eigenvalue weighted by Crippen LogP contribution is -1.94. The fourth-order valence-electron chi connectivity index (χ4n) is 7.49. The van der Waals surface area contributed by atoms with Gasteiger partial charge in [0.25, 0.3) is 0 Å². The van der Waals surface area contributed by atoms with Gasteiger partial charge in [-0.05, 0) is 75.5 Å². The van der Waals surface area contributed by atoms with E-state index in [2.05, 4.69) is 176 Å². The maximum atomic E-state index is 5.30. The molecule has 0 radical (unpaired) electrons. The van der Waals surface area contributed by atoms with Gasteiger partial charge in [0.05, 0.1) is 33.6 Å². The summed E-state index contributed by atoms with van der Waals surface area (Å²) in [6, 6.07) is 66.1. The standard InChI is InChI=1S/C49H31N3/c1-4-13-32(14-5-1)42-31-46(50-45-27-23-33-15-10-11-22-39(33)47(42)45)37-21-12-20-36(29-37)41-30-38-24-26-43(34-16-6-2-7-17-34)51-48(38)49-40(41)25-28-44(52-49)35-18-8-3-9-19-35/h1-31H. The summed E-state index contributed by atoms with van der Waals surface area (Å²) < 4.78 is 0. The number of benzene rings is 7. The molecule has 0 bridgehead atoms. The quantitative estimate of drug-likeness (QED) is 0.172. The first-order valence-corrected chi connectivity index (χ1v) is 17.6. The van der Waals surface area contributed by atoms with Gasteiger partial charge in [-0.15, -0.1) is 0 Å². The lowest BCUT2D eigenvalue weighted by Gasteiger charge is -2.15. The molecule has 3 nitrogen and oxygen atoms in total. The summed E-state index contributed by atoms with van der Waals surface area (Å²) in [7, 11) is 0. The van der Waals surface area contributed by atoms with Gasteiger partial charge in [-0.3, -0.25) is 0 Å². The largest absolute Gasteiger partial charge is 0.248 e. The van der Waals surface area contributed by atoms with Crippen molar-refractivity contribution in [3.05, 3.63) is 188 Å². The maximum Gasteiger partial charge on any atom is 0.0978 e. The highest BCUT2D eigenvalue weighted by Gasteiger charge is 2.16. The molecule has 0 aliphatic heterocycles. The third kappa shape index (κ3) is 5.19. The normalized spacial score (nSPS) is 11.5. The van der Waals surface area contributed by atoms with E-state index in [1.54, 1.807) is 0 Å². The zero-order valence-corrected chi connectivity index (χ0v) is 28.2. The summed E-state index contributed by atoms with van der Waals surface area (Å²) in [6.45, 7) is 0. The highest BCUT2D eigenvalue weighted by molar-refractivity contribution is 6.14. The molecule has 52 heavy (non-hydrogen) atoms. The van der Waals surface area contributed by atoms with E-state index < -0.39 is 0 Å². The van der Waals surface area contributed by atoms with Gasteiger partial charge in [0.2, 0.25) is 0 Å². The van der Waals surface area contributed by atoms with E-state index in [9.17, 15) is 0 Å². The number of fused-ring (bicyclic) bond motifs is 6. The lowest BCUT2D eigenvalue weighted by atomic mass is 9.93. The van der Waals surface area contributed by atoms with Gasteiger partial charge in [0.15, 0.2) is 0 Å². The van der Waals surface area contributed by atoms with Crippen LogP contribution in [0.2, 0.25) is 0 Å². The monoisotopic (exact) mass is 661 g/mol. The molecule has 7 aromatic carbocycles. The second-order valence-electron chi connectivity index (χ2n) is 13.2. The van der Waals surface area contributed by atoms with Crippen molar-refractivity contribution in [2.24, 2.45) is 0 Å². The highest BCUT2D eigenvalue weighted by Crippen LogP contribution is 2.40. The number of hydrogen-bond donors (Lipinski definition) is 0. The molecule has 3 heteroatoms. The van der Waals surface area contributed by atoms with Gasteiger partial charge in [-0.25, -0.2) is 15.0 Å². The molecule has 0 saturated carbocycles. The minimum atomic E-state index is 0.888. The summed E-state index contributed by atoms with van der Waals surface area (Å²) in [5.41, 5.74) is 13.3. The van der Waals surface area contributed by atoms with Gasteiger partial charge in [-0.2, -0.15) is 0 Å². The maximum absolute atomic E-state index is 5.30. The highest BCUT2D eigenvalue weighted by atomic mass is 14.8. The van der Waals surface area contributed by atoms with Gasteiger partial charge in [-0.1, -0.05) is 146 Å². The summed E-state index contributed by atoms with van der Waals surface area (Å²) >= 11 is 0. The molecule has 0 amide bonds. The molecule has 3 heterocycles. The van der Waals surface area contributed by atoms with E-state index in [-0.39, 0.29) is 0 Å². The van der Waals surface area contributed by atoms with Crippen LogP contribution in [0.3, 0.4) is 0 Å². The molecule has 0 unspecified atom stereocenters. The number of hydrogen-bond acceptors (Lipinski definition) is 3. The van der Waals surface area contributed by atoms with Crippen molar-refractivity contribution in [1.82, 2.24) is 15.0 Å². The van der Waals surface area contributed by atoms with Crippen LogP contribution in [0.15, 0.2) is 188 Å². The third-order valence-corrected chi connectivity index (χ3v) is 10.0. The SMILES string of the molecule is c1ccc(-c2ccc3cc(-c4cccc(-c5cc(-c6ccccc6)c6c(ccc7ccccc76)n5)c4)c4ccc(-c5ccccc5)nc4c3n2)cc1. The summed E-state index contributed by atoms with van der Waals surface area (Å²) in [4.78, 5) is 15.8. The van der Waals surface area contributed by atoms with Gasteiger partial charge >= 0.3 is 0 Å². The molecule has 242 valence electrons. The zero-order valence-electron chi connectivity index (χ0n) is 28.2. The van der Waals surface area contributed by atoms with Crippen LogP contribution < -0.4 is 0 Å². The Balaban J connectivity index is 1.18. The Morgan fingerprint density at radius 3 is 1.63 bits per heavy atom. The van der Waals surface area contributed by atoms with E-state index >= 15 is 0 Å². The molecule has 0 aliphatic carbocycles. The average molecular weight is 662 g/mol. The van der Waals surface area contributed by atoms with Crippen LogP contribution in [-0.2, 0) is 0 Å². The molecular formula is C49H31N3. The van der Waals surface area contributed by atoms with Crippen LogP contribution in [0.1, 0.15) is 0 Å². The van der Waals surface area contributed by atoms with Gasteiger partial charge < -0.3 is 0 Å². The number of rotatable bonds is 5. The van der Waals surface area contributed by atoms with E-state index in [0.29, 0.717) is 0 Å². The first kappa shape index (κ1) is 29.9. The molecule has 3 aromatic heterocycles. The average Bonchev–Trinajstić information content (AvgIpc) is 3.23. The predicted molar refractivity (Wildman–Crippen MR) is 217 cm³/mol. The van der Waals surface area contributed by atoms with E-state index in [1.807, 2.05) is 12.1 Å². The van der Waals surface area contributed by atoms with E-state index in [1.165, 1.54) is 27.3 Å². The number of nitrogens with zero attached hydrogens (tertiary/aromatic N) is 3. The van der Waals surface area contributed by atoms with Crippen LogP contribution in [0, 0.1) is 0 Å². The second-order valence-corrected chi connectivity index (χ2v) is 13.2. The van der Waals surface area contributed by atoms with Crippen molar-refractivity contribution in [2.45, 2.75) is 0 Å². The number of aromatic nitrogens is 3. The van der Waals surface area contributed by atoms with Crippen LogP contribution in [-0.4, -0.2) is 15.0 Å². The van der Waals surface area contributed by atoms with Crippen molar-refractivity contribution >= 4 is 43.5 Å².